The van der Waals surface area contributed by atoms with Gasteiger partial charge in [-0.3, -0.25) is 19.9 Å². The minimum absolute atomic E-state index is 0.119. The molecule has 3 aromatic carbocycles. The zero-order chi connectivity index (χ0) is 27.1. The van der Waals surface area contributed by atoms with Crippen LogP contribution in [-0.2, 0) is 10.0 Å². The zero-order valence-electron chi connectivity index (χ0n) is 20.3. The zero-order valence-corrected chi connectivity index (χ0v) is 22.0. The number of hydrogen-bond acceptors (Lipinski definition) is 8. The van der Waals surface area contributed by atoms with Crippen molar-refractivity contribution in [3.63, 3.8) is 0 Å². The molecule has 0 fully saturated rings. The number of benzene rings is 3. The molecule has 0 bridgehead atoms. The molecule has 9 nitrogen and oxygen atoms in total. The fourth-order valence-electron chi connectivity index (χ4n) is 3.52. The lowest BCUT2D eigenvalue weighted by atomic mass is 10.1. The van der Waals surface area contributed by atoms with Crippen molar-refractivity contribution in [3.05, 3.63) is 112 Å². The molecular formula is C27H24N4O5S2. The number of thioether (sulfide) groups is 1. The van der Waals surface area contributed by atoms with Crippen LogP contribution in [0.1, 0.15) is 15.9 Å². The van der Waals surface area contributed by atoms with Gasteiger partial charge in [0.2, 0.25) is 0 Å². The third-order valence-corrected chi connectivity index (χ3v) is 7.83. The van der Waals surface area contributed by atoms with Crippen LogP contribution in [0.3, 0.4) is 0 Å². The average Bonchev–Trinajstić information content (AvgIpc) is 2.92. The Morgan fingerprint density at radius 1 is 1.00 bits per heavy atom. The maximum absolute atomic E-state index is 12.9. The Labute approximate surface area is 224 Å². The SMILES string of the molecule is Cc1ccc(-c2ccc(C(=O)NS(=O)(=O)c3ccc(NCCSc4ccccc4)c([N+](=O)[O-])c3)cc2)nc1. The number of rotatable bonds is 10. The van der Waals surface area contributed by atoms with Gasteiger partial charge < -0.3 is 5.32 Å². The van der Waals surface area contributed by atoms with E-state index in [4.69, 9.17) is 0 Å². The quantitative estimate of drug-likeness (QED) is 0.118. The monoisotopic (exact) mass is 548 g/mol. The number of sulfonamides is 1. The molecule has 0 aliphatic rings. The second kappa shape index (κ2) is 11.9. The Morgan fingerprint density at radius 3 is 2.39 bits per heavy atom. The maximum atomic E-state index is 12.9. The molecule has 0 radical (unpaired) electrons. The van der Waals surface area contributed by atoms with Gasteiger partial charge in [-0.05, 0) is 55.0 Å². The second-order valence-electron chi connectivity index (χ2n) is 8.26. The molecule has 0 aliphatic heterocycles. The van der Waals surface area contributed by atoms with Crippen LogP contribution in [0.25, 0.3) is 11.3 Å². The third-order valence-electron chi connectivity index (χ3n) is 5.49. The van der Waals surface area contributed by atoms with E-state index in [-0.39, 0.29) is 16.1 Å². The molecule has 1 amide bonds. The van der Waals surface area contributed by atoms with Gasteiger partial charge >= 0.3 is 0 Å². The number of amides is 1. The highest BCUT2D eigenvalue weighted by Crippen LogP contribution is 2.28. The summed E-state index contributed by atoms with van der Waals surface area (Å²) in [6, 6.07) is 23.3. The fourth-order valence-corrected chi connectivity index (χ4v) is 5.30. The fraction of sp³-hybridized carbons (Fsp3) is 0.111. The van der Waals surface area contributed by atoms with Crippen molar-refractivity contribution < 1.29 is 18.1 Å². The first-order valence-electron chi connectivity index (χ1n) is 11.5. The smallest absolute Gasteiger partial charge is 0.293 e. The number of hydrogen-bond donors (Lipinski definition) is 2. The van der Waals surface area contributed by atoms with Crippen LogP contribution in [0.5, 0.6) is 0 Å². The van der Waals surface area contributed by atoms with Gasteiger partial charge in [0.25, 0.3) is 21.6 Å². The third kappa shape index (κ3) is 6.75. The molecule has 38 heavy (non-hydrogen) atoms. The van der Waals surface area contributed by atoms with Crippen molar-refractivity contribution in [2.45, 2.75) is 16.7 Å². The molecule has 4 aromatic rings. The number of pyridine rings is 1. The van der Waals surface area contributed by atoms with Gasteiger partial charge in [-0.1, -0.05) is 36.4 Å². The highest BCUT2D eigenvalue weighted by atomic mass is 32.2. The van der Waals surface area contributed by atoms with Gasteiger partial charge in [0, 0.05) is 40.6 Å². The van der Waals surface area contributed by atoms with E-state index in [1.165, 1.54) is 24.3 Å². The van der Waals surface area contributed by atoms with Gasteiger partial charge in [0.15, 0.2) is 0 Å². The summed E-state index contributed by atoms with van der Waals surface area (Å²) in [6.07, 6.45) is 1.73. The molecule has 0 aliphatic carbocycles. The van der Waals surface area contributed by atoms with Crippen molar-refractivity contribution in [1.82, 2.24) is 9.71 Å². The van der Waals surface area contributed by atoms with E-state index in [1.54, 1.807) is 30.1 Å². The lowest BCUT2D eigenvalue weighted by molar-refractivity contribution is -0.384. The van der Waals surface area contributed by atoms with E-state index < -0.39 is 26.5 Å². The first-order chi connectivity index (χ1) is 18.2. The van der Waals surface area contributed by atoms with E-state index in [0.29, 0.717) is 12.3 Å². The Hall–Kier alpha value is -4.22. The van der Waals surface area contributed by atoms with Gasteiger partial charge in [0.05, 0.1) is 15.5 Å². The van der Waals surface area contributed by atoms with Crippen molar-refractivity contribution in [2.24, 2.45) is 0 Å². The van der Waals surface area contributed by atoms with Crippen LogP contribution in [-0.4, -0.2) is 36.5 Å². The van der Waals surface area contributed by atoms with Crippen LogP contribution in [0, 0.1) is 17.0 Å². The van der Waals surface area contributed by atoms with E-state index in [2.05, 4.69) is 10.3 Å². The van der Waals surface area contributed by atoms with Crippen molar-refractivity contribution in [1.29, 1.82) is 0 Å². The van der Waals surface area contributed by atoms with Gasteiger partial charge in [-0.25, -0.2) is 13.1 Å². The number of nitrogens with zero attached hydrogens (tertiary/aromatic N) is 2. The normalized spacial score (nSPS) is 11.1. The van der Waals surface area contributed by atoms with Crippen LogP contribution in [0.15, 0.2) is 101 Å². The Bertz CT molecular complexity index is 1540. The van der Waals surface area contributed by atoms with E-state index >= 15 is 0 Å². The molecule has 1 aromatic heterocycles. The van der Waals surface area contributed by atoms with Crippen molar-refractivity contribution in [3.8, 4) is 11.3 Å². The summed E-state index contributed by atoms with van der Waals surface area (Å²) < 4.78 is 27.7. The highest BCUT2D eigenvalue weighted by Gasteiger charge is 2.24. The molecule has 2 N–H and O–H groups in total. The summed E-state index contributed by atoms with van der Waals surface area (Å²) in [6.45, 7) is 2.35. The number of carbonyl (C=O) groups excluding carboxylic acids is 1. The standard InChI is InChI=1S/C27H24N4O5S2/c1-19-7-13-24(29-18-19)20-8-10-21(11-9-20)27(32)30-38(35,36)23-12-14-25(26(17-23)31(33)34)28-15-16-37-22-5-3-2-4-6-22/h2-14,17-18,28H,15-16H2,1H3,(H,30,32). The highest BCUT2D eigenvalue weighted by molar-refractivity contribution is 7.99. The van der Waals surface area contributed by atoms with E-state index in [1.807, 2.05) is 54.1 Å². The number of nitro groups is 1. The summed E-state index contributed by atoms with van der Waals surface area (Å²) in [7, 11) is -4.36. The van der Waals surface area contributed by atoms with Crippen molar-refractivity contribution >= 4 is 39.1 Å². The number of carbonyl (C=O) groups is 1. The number of aryl methyl sites for hydroxylation is 1. The van der Waals surface area contributed by atoms with Crippen LogP contribution in [0.2, 0.25) is 0 Å². The summed E-state index contributed by atoms with van der Waals surface area (Å²) in [5.74, 6) is -0.202. The topological polar surface area (TPSA) is 131 Å². The lowest BCUT2D eigenvalue weighted by Crippen LogP contribution is -2.30. The maximum Gasteiger partial charge on any atom is 0.293 e. The minimum atomic E-state index is -4.36. The van der Waals surface area contributed by atoms with Crippen LogP contribution < -0.4 is 10.0 Å². The number of nitrogens with one attached hydrogen (secondary N) is 2. The minimum Gasteiger partial charge on any atom is -0.379 e. The Kier molecular flexibility index (Phi) is 8.39. The van der Waals surface area contributed by atoms with E-state index in [0.717, 1.165) is 27.8 Å². The molecule has 0 atom stereocenters. The molecule has 0 saturated carbocycles. The molecule has 4 rings (SSSR count). The van der Waals surface area contributed by atoms with Gasteiger partial charge in [0.1, 0.15) is 5.69 Å². The van der Waals surface area contributed by atoms with Crippen LogP contribution in [0.4, 0.5) is 11.4 Å². The predicted octanol–water partition coefficient (Wildman–Crippen LogP) is 5.29. The second-order valence-corrected chi connectivity index (χ2v) is 11.1. The van der Waals surface area contributed by atoms with Crippen molar-refractivity contribution in [2.75, 3.05) is 17.6 Å². The number of nitro benzene ring substituents is 1. The molecule has 0 unspecified atom stereocenters. The Morgan fingerprint density at radius 2 is 1.74 bits per heavy atom. The largest absolute Gasteiger partial charge is 0.379 e. The molecule has 0 spiro atoms. The first kappa shape index (κ1) is 26.8. The molecule has 0 saturated heterocycles. The predicted molar refractivity (Wildman–Crippen MR) is 148 cm³/mol. The molecule has 194 valence electrons. The number of aromatic nitrogens is 1. The molecule has 1 heterocycles. The summed E-state index contributed by atoms with van der Waals surface area (Å²) in [5.41, 5.74) is 2.41. The number of anilines is 1. The molecule has 11 heteroatoms. The average molecular weight is 549 g/mol. The van der Waals surface area contributed by atoms with E-state index in [9.17, 15) is 23.3 Å². The van der Waals surface area contributed by atoms with Gasteiger partial charge in [-0.2, -0.15) is 0 Å². The lowest BCUT2D eigenvalue weighted by Gasteiger charge is -2.10. The first-order valence-corrected chi connectivity index (χ1v) is 14.0. The Balaban J connectivity index is 1.43. The molecular weight excluding hydrogens is 524 g/mol. The van der Waals surface area contributed by atoms with Gasteiger partial charge in [-0.15, -0.1) is 11.8 Å². The summed E-state index contributed by atoms with van der Waals surface area (Å²) in [4.78, 5) is 28.6. The van der Waals surface area contributed by atoms with Crippen LogP contribution >= 0.6 is 11.8 Å². The summed E-state index contributed by atoms with van der Waals surface area (Å²) >= 11 is 1.59. The summed E-state index contributed by atoms with van der Waals surface area (Å²) in [5, 5.41) is 14.6.